The van der Waals surface area contributed by atoms with Crippen LogP contribution in [0, 0.1) is 12.7 Å². The monoisotopic (exact) mass is 368 g/mol. The predicted molar refractivity (Wildman–Crippen MR) is 99.7 cm³/mol. The van der Waals surface area contributed by atoms with Gasteiger partial charge in [-0.3, -0.25) is 9.78 Å². The van der Waals surface area contributed by atoms with E-state index in [1.165, 1.54) is 0 Å². The largest absolute Gasteiger partial charge is 0.378 e. The van der Waals surface area contributed by atoms with Crippen molar-refractivity contribution in [2.75, 3.05) is 26.3 Å². The molecule has 1 aliphatic rings. The fraction of sp³-hybridized carbons (Fsp3) is 0.350. The van der Waals surface area contributed by atoms with E-state index in [0.717, 1.165) is 17.1 Å². The summed E-state index contributed by atoms with van der Waals surface area (Å²) in [6.07, 6.45) is 3.36. The van der Waals surface area contributed by atoms with Gasteiger partial charge in [-0.25, -0.2) is 9.37 Å². The molecule has 1 saturated heterocycles. The zero-order valence-electron chi connectivity index (χ0n) is 15.4. The van der Waals surface area contributed by atoms with Crippen molar-refractivity contribution in [1.82, 2.24) is 19.4 Å². The fourth-order valence-corrected chi connectivity index (χ4v) is 3.34. The number of amides is 1. The van der Waals surface area contributed by atoms with E-state index in [2.05, 4.69) is 9.97 Å². The highest BCUT2D eigenvalue weighted by atomic mass is 19.1. The number of imidazole rings is 1. The summed E-state index contributed by atoms with van der Waals surface area (Å²) in [5, 5.41) is 1.17. The van der Waals surface area contributed by atoms with Crippen LogP contribution in [0.25, 0.3) is 22.0 Å². The Morgan fingerprint density at radius 3 is 2.70 bits per heavy atom. The number of pyridine rings is 1. The third-order valence-electron chi connectivity index (χ3n) is 5.10. The molecule has 1 fully saturated rings. The summed E-state index contributed by atoms with van der Waals surface area (Å²) in [4.78, 5) is 22.6. The third kappa shape index (κ3) is 3.30. The molecule has 0 radical (unpaired) electrons. The Morgan fingerprint density at radius 2 is 2.00 bits per heavy atom. The fourth-order valence-electron chi connectivity index (χ4n) is 3.34. The number of halogens is 1. The van der Waals surface area contributed by atoms with Crippen LogP contribution < -0.4 is 0 Å². The Labute approximate surface area is 156 Å². The van der Waals surface area contributed by atoms with Crippen molar-refractivity contribution < 1.29 is 13.9 Å². The van der Waals surface area contributed by atoms with Crippen molar-refractivity contribution in [3.05, 3.63) is 47.9 Å². The van der Waals surface area contributed by atoms with Gasteiger partial charge in [-0.15, -0.1) is 0 Å². The van der Waals surface area contributed by atoms with Gasteiger partial charge < -0.3 is 14.2 Å². The number of benzene rings is 1. The Morgan fingerprint density at radius 1 is 1.22 bits per heavy atom. The molecule has 0 spiro atoms. The molecule has 2 aromatic heterocycles. The third-order valence-corrected chi connectivity index (χ3v) is 5.10. The first-order valence-electron chi connectivity index (χ1n) is 8.96. The van der Waals surface area contributed by atoms with Crippen LogP contribution in [0.4, 0.5) is 4.39 Å². The number of ether oxygens (including phenoxy) is 1. The molecule has 140 valence electrons. The molecule has 7 heteroatoms. The van der Waals surface area contributed by atoms with Crippen molar-refractivity contribution in [3.8, 4) is 11.3 Å². The van der Waals surface area contributed by atoms with E-state index in [9.17, 15) is 4.79 Å². The van der Waals surface area contributed by atoms with E-state index in [-0.39, 0.29) is 18.0 Å². The van der Waals surface area contributed by atoms with Crippen molar-refractivity contribution >= 4 is 16.7 Å². The number of hydrogen-bond acceptors (Lipinski definition) is 4. The Balaban J connectivity index is 1.68. The lowest BCUT2D eigenvalue weighted by Gasteiger charge is -2.26. The van der Waals surface area contributed by atoms with Crippen LogP contribution >= 0.6 is 0 Å². The van der Waals surface area contributed by atoms with Crippen molar-refractivity contribution in [1.29, 1.82) is 0 Å². The van der Waals surface area contributed by atoms with Gasteiger partial charge in [-0.05, 0) is 13.0 Å². The second-order valence-corrected chi connectivity index (χ2v) is 6.74. The van der Waals surface area contributed by atoms with Crippen LogP contribution in [0.3, 0.4) is 0 Å². The number of fused-ring (bicyclic) bond motifs is 1. The average molecular weight is 368 g/mol. The minimum Gasteiger partial charge on any atom is -0.378 e. The van der Waals surface area contributed by atoms with Crippen molar-refractivity contribution in [2.24, 2.45) is 7.05 Å². The van der Waals surface area contributed by atoms with E-state index in [1.54, 1.807) is 23.4 Å². The minimum absolute atomic E-state index is 0.0448. The van der Waals surface area contributed by atoms with Gasteiger partial charge in [0.25, 0.3) is 0 Å². The number of nitrogens with zero attached hydrogens (tertiary/aromatic N) is 4. The van der Waals surface area contributed by atoms with E-state index >= 15 is 4.39 Å². The first kappa shape index (κ1) is 17.6. The van der Waals surface area contributed by atoms with Crippen LogP contribution in [0.5, 0.6) is 0 Å². The maximum Gasteiger partial charge on any atom is 0.228 e. The van der Waals surface area contributed by atoms with Gasteiger partial charge in [0.2, 0.25) is 5.91 Å². The van der Waals surface area contributed by atoms with E-state index in [4.69, 9.17) is 4.74 Å². The molecule has 0 atom stereocenters. The molecule has 3 aromatic rings. The lowest BCUT2D eigenvalue weighted by atomic mass is 10.0. The zero-order chi connectivity index (χ0) is 19.0. The van der Waals surface area contributed by atoms with E-state index in [1.807, 2.05) is 30.7 Å². The molecule has 0 bridgehead atoms. The van der Waals surface area contributed by atoms with Gasteiger partial charge in [0, 0.05) is 42.7 Å². The van der Waals surface area contributed by atoms with Gasteiger partial charge in [-0.2, -0.15) is 0 Å². The highest BCUT2D eigenvalue weighted by Gasteiger charge is 2.20. The van der Waals surface area contributed by atoms with Gasteiger partial charge in [0.05, 0.1) is 37.2 Å². The summed E-state index contributed by atoms with van der Waals surface area (Å²) in [5.74, 6) is 0.328. The molecule has 0 saturated carbocycles. The molecule has 3 heterocycles. The molecule has 1 aliphatic heterocycles. The molecule has 4 rings (SSSR count). The highest BCUT2D eigenvalue weighted by molar-refractivity contribution is 5.88. The number of aryl methyl sites for hydroxylation is 1. The lowest BCUT2D eigenvalue weighted by Crippen LogP contribution is -2.41. The molecule has 6 nitrogen and oxygen atoms in total. The Kier molecular flexibility index (Phi) is 4.61. The van der Waals surface area contributed by atoms with Crippen LogP contribution in [0.15, 0.2) is 30.6 Å². The van der Waals surface area contributed by atoms with Gasteiger partial charge >= 0.3 is 0 Å². The number of hydrogen-bond donors (Lipinski definition) is 0. The smallest absolute Gasteiger partial charge is 0.228 e. The van der Waals surface area contributed by atoms with Gasteiger partial charge in [-0.1, -0.05) is 12.1 Å². The Bertz CT molecular complexity index is 1010. The number of rotatable bonds is 3. The summed E-state index contributed by atoms with van der Waals surface area (Å²) in [7, 11) is 1.93. The van der Waals surface area contributed by atoms with Crippen LogP contribution in [-0.4, -0.2) is 51.6 Å². The standard InChI is InChI=1S/C20H21FN4O2/c1-13-22-12-18(24(13)2)14-3-4-15-11-23-17(20(21)16(15)9-14)10-19(26)25-5-7-27-8-6-25/h3-4,9,11-12H,5-8,10H2,1-2H3. The molecule has 0 N–H and O–H groups in total. The van der Waals surface area contributed by atoms with Crippen LogP contribution in [0.2, 0.25) is 0 Å². The molecule has 0 aliphatic carbocycles. The summed E-state index contributed by atoms with van der Waals surface area (Å²) in [6, 6.07) is 5.57. The van der Waals surface area contributed by atoms with Crippen LogP contribution in [-0.2, 0) is 23.0 Å². The number of carbonyl (C=O) groups excluding carboxylic acids is 1. The first-order chi connectivity index (χ1) is 13.0. The zero-order valence-corrected chi connectivity index (χ0v) is 15.4. The second kappa shape index (κ2) is 7.08. The minimum atomic E-state index is -0.435. The summed E-state index contributed by atoms with van der Waals surface area (Å²) in [5.41, 5.74) is 1.97. The van der Waals surface area contributed by atoms with Crippen molar-refractivity contribution in [2.45, 2.75) is 13.3 Å². The molecular weight excluding hydrogens is 347 g/mol. The lowest BCUT2D eigenvalue weighted by molar-refractivity contribution is -0.134. The average Bonchev–Trinajstić information content (AvgIpc) is 3.03. The van der Waals surface area contributed by atoms with Crippen LogP contribution in [0.1, 0.15) is 11.5 Å². The molecule has 1 amide bonds. The highest BCUT2D eigenvalue weighted by Crippen LogP contribution is 2.27. The Hall–Kier alpha value is -2.80. The second-order valence-electron chi connectivity index (χ2n) is 6.74. The maximum absolute atomic E-state index is 15.1. The number of aromatic nitrogens is 3. The molecular formula is C20H21FN4O2. The first-order valence-corrected chi connectivity index (χ1v) is 8.96. The van der Waals surface area contributed by atoms with E-state index < -0.39 is 5.82 Å². The molecule has 1 aromatic carbocycles. The predicted octanol–water partition coefficient (Wildman–Crippen LogP) is 2.48. The normalized spacial score (nSPS) is 14.7. The topological polar surface area (TPSA) is 60.3 Å². The molecule has 27 heavy (non-hydrogen) atoms. The molecule has 0 unspecified atom stereocenters. The quantitative estimate of drug-likeness (QED) is 0.713. The van der Waals surface area contributed by atoms with E-state index in [0.29, 0.717) is 37.1 Å². The summed E-state index contributed by atoms with van der Waals surface area (Å²) in [6.45, 7) is 4.04. The summed E-state index contributed by atoms with van der Waals surface area (Å²) >= 11 is 0. The summed E-state index contributed by atoms with van der Waals surface area (Å²) < 4.78 is 22.3. The van der Waals surface area contributed by atoms with Crippen molar-refractivity contribution in [3.63, 3.8) is 0 Å². The maximum atomic E-state index is 15.1. The SMILES string of the molecule is Cc1ncc(-c2ccc3cnc(CC(=O)N4CCOCC4)c(F)c3c2)n1C. The van der Waals surface area contributed by atoms with Gasteiger partial charge in [0.15, 0.2) is 5.82 Å². The number of carbonyl (C=O) groups is 1. The van der Waals surface area contributed by atoms with Gasteiger partial charge in [0.1, 0.15) is 5.82 Å². The number of morpholine rings is 1.